The first-order valence-electron chi connectivity index (χ1n) is 25.4. The molecule has 2 heterocycles. The lowest BCUT2D eigenvalue weighted by atomic mass is 9.80. The van der Waals surface area contributed by atoms with E-state index in [-0.39, 0.29) is 32.8 Å². The SMILES string of the molecule is CN1C(=CC=CC2=[N+](C)c3c(ccc4ccccc34)C2(C)C)C(C)(C)c2c1ccc1ccccc21.[C-]#[N+]/C(C#N)=c1/cc(OCCOC(=O)c2ccccc2S(=O)(=O)[O-])/c(=C(\C#N)[N+]#[C-])cc1OCCOC(=O)c1ccccc1S(=O)(=O)[O-]. The van der Waals surface area contributed by atoms with Crippen molar-refractivity contribution in [3.05, 3.63) is 213 Å². The number of allylic oxidation sites excluding steroid dienone is 4. The van der Waals surface area contributed by atoms with Gasteiger partial charge in [-0.3, -0.25) is 0 Å². The Bertz CT molecular complexity index is 4290. The van der Waals surface area contributed by atoms with Crippen LogP contribution in [0.3, 0.4) is 0 Å². The molecule has 20 heteroatoms. The lowest BCUT2D eigenvalue weighted by molar-refractivity contribution is -0.399. The van der Waals surface area contributed by atoms with Crippen molar-refractivity contribution in [1.82, 2.24) is 0 Å². The molecule has 0 amide bonds. The highest BCUT2D eigenvalue weighted by Crippen LogP contribution is 2.50. The first kappa shape index (κ1) is 59.2. The molecule has 0 radical (unpaired) electrons. The van der Waals surface area contributed by atoms with E-state index in [4.69, 9.17) is 32.1 Å². The van der Waals surface area contributed by atoms with Crippen LogP contribution in [-0.2, 0) is 40.5 Å². The highest BCUT2D eigenvalue weighted by atomic mass is 32.2. The lowest BCUT2D eigenvalue weighted by Gasteiger charge is -2.24. The molecule has 0 aliphatic carbocycles. The van der Waals surface area contributed by atoms with Crippen molar-refractivity contribution >= 4 is 82.2 Å². The van der Waals surface area contributed by atoms with E-state index < -0.39 is 90.9 Å². The van der Waals surface area contributed by atoms with Gasteiger partial charge in [0.1, 0.15) is 65.2 Å². The van der Waals surface area contributed by atoms with Crippen LogP contribution >= 0.6 is 0 Å². The Balaban J connectivity index is 0.000000226. The van der Waals surface area contributed by atoms with Gasteiger partial charge in [0.05, 0.1) is 57.0 Å². The fourth-order valence-electron chi connectivity index (χ4n) is 10.4. The molecule has 0 N–H and O–H groups in total. The van der Waals surface area contributed by atoms with E-state index in [1.165, 1.54) is 79.7 Å². The van der Waals surface area contributed by atoms with Gasteiger partial charge in [-0.05, 0) is 90.2 Å². The number of ether oxygens (including phenoxy) is 4. The number of rotatable bonds is 14. The number of nitriles is 2. The molecule has 2 aliphatic rings. The number of esters is 2. The molecule has 9 rings (SSSR count). The van der Waals surface area contributed by atoms with Crippen LogP contribution in [0.1, 0.15) is 59.5 Å². The summed E-state index contributed by atoms with van der Waals surface area (Å²) in [6.45, 7) is 22.2. The Morgan fingerprint density at radius 1 is 0.651 bits per heavy atom. The molecule has 0 saturated heterocycles. The first-order chi connectivity index (χ1) is 39.5. The smallest absolute Gasteiger partial charge is 0.339 e. The van der Waals surface area contributed by atoms with Crippen molar-refractivity contribution in [2.24, 2.45) is 0 Å². The predicted octanol–water partition coefficient (Wildman–Crippen LogP) is 8.94. The van der Waals surface area contributed by atoms with Gasteiger partial charge in [0, 0.05) is 45.9 Å². The average Bonchev–Trinajstić information content (AvgIpc) is 1.88. The van der Waals surface area contributed by atoms with Gasteiger partial charge in [0.2, 0.25) is 5.69 Å². The molecule has 7 aromatic carbocycles. The summed E-state index contributed by atoms with van der Waals surface area (Å²) in [6, 6.07) is 41.2. The van der Waals surface area contributed by atoms with Crippen molar-refractivity contribution in [1.29, 1.82) is 10.5 Å². The minimum absolute atomic E-state index is 0.0562. The van der Waals surface area contributed by atoms with Gasteiger partial charge < -0.3 is 33.0 Å². The summed E-state index contributed by atoms with van der Waals surface area (Å²) in [4.78, 5) is 31.9. The molecule has 0 saturated carbocycles. The third-order valence-electron chi connectivity index (χ3n) is 14.2. The Hall–Kier alpha value is -9.93. The second-order valence-electron chi connectivity index (χ2n) is 19.9. The molecule has 7 aromatic rings. The number of nitrogens with zero attached hydrogens (tertiary/aromatic N) is 6. The Morgan fingerprint density at radius 2 is 1.11 bits per heavy atom. The molecule has 0 atom stereocenters. The second-order valence-corrected chi connectivity index (χ2v) is 22.6. The maximum absolute atomic E-state index is 12.4. The zero-order valence-electron chi connectivity index (χ0n) is 45.7. The van der Waals surface area contributed by atoms with E-state index in [1.807, 2.05) is 0 Å². The Labute approximate surface area is 479 Å². The van der Waals surface area contributed by atoms with Crippen LogP contribution in [0.25, 0.3) is 42.6 Å². The van der Waals surface area contributed by atoms with Gasteiger partial charge in [-0.25, -0.2) is 46.6 Å². The van der Waals surface area contributed by atoms with Gasteiger partial charge in [-0.15, -0.1) is 0 Å². The average molecular weight is 1150 g/mol. The summed E-state index contributed by atoms with van der Waals surface area (Å²) in [5.74, 6) is -2.75. The molecule has 83 heavy (non-hydrogen) atoms. The standard InChI is InChI=1S/C33H33N2.C30H20N4O12S2/c1-32(2)26-20-18-23-13-8-10-15-25(23)31(26)35(6)28(32)16-11-17-29-33(3,4)30-24-14-9-7-12-22(24)19-21-27(30)34(29)5;1-33-23(17-31)21-15-26(44-12-14-46-30(36)20-8-4-6-10-28(20)48(40,41)42)22(24(18-32)34-2)16-25(21)43-11-13-45-29(35)19-7-3-5-9-27(19)47(37,38)39/h7-21H,1-6H3;3-10,15-16H,11-14H2,(H,37,38,39)(H,40,41,42)/q+1;/p-2/b;23-21-,24-22+. The predicted molar refractivity (Wildman–Crippen MR) is 308 cm³/mol. The van der Waals surface area contributed by atoms with E-state index in [9.17, 15) is 46.1 Å². The number of carbonyl (C=O) groups is 2. The minimum atomic E-state index is -4.99. The number of hydrogen-bond acceptors (Lipinski definition) is 15. The lowest BCUT2D eigenvalue weighted by Crippen LogP contribution is -2.26. The molecular weight excluding hydrogens is 1100 g/mol. The van der Waals surface area contributed by atoms with Crippen molar-refractivity contribution in [2.75, 3.05) is 45.4 Å². The maximum atomic E-state index is 12.4. The summed E-state index contributed by atoms with van der Waals surface area (Å²) >= 11 is 0. The van der Waals surface area contributed by atoms with Crippen molar-refractivity contribution < 1.29 is 59.1 Å². The third kappa shape index (κ3) is 12.0. The summed E-state index contributed by atoms with van der Waals surface area (Å²) in [6.07, 6.45) is 6.88. The normalized spacial score (nSPS) is 15.2. The Kier molecular flexibility index (Phi) is 17.1. The molecule has 2 aliphatic heterocycles. The monoisotopic (exact) mass is 1150 g/mol. The fourth-order valence-corrected chi connectivity index (χ4v) is 11.8. The van der Waals surface area contributed by atoms with Crippen LogP contribution in [0.15, 0.2) is 167 Å². The van der Waals surface area contributed by atoms with Crippen LogP contribution < -0.4 is 24.8 Å². The van der Waals surface area contributed by atoms with E-state index in [0.717, 1.165) is 36.4 Å². The summed E-state index contributed by atoms with van der Waals surface area (Å²) < 4.78 is 92.3. The largest absolute Gasteiger partial charge is 0.744 e. The number of benzene rings is 7. The van der Waals surface area contributed by atoms with E-state index in [0.29, 0.717) is 0 Å². The van der Waals surface area contributed by atoms with Gasteiger partial charge in [-0.2, -0.15) is 4.58 Å². The number of carbonyl (C=O) groups excluding carboxylic acids is 2. The zero-order valence-corrected chi connectivity index (χ0v) is 47.3. The summed E-state index contributed by atoms with van der Waals surface area (Å²) in [5.41, 5.74) is 5.90. The van der Waals surface area contributed by atoms with E-state index in [2.05, 4.69) is 152 Å². The minimum Gasteiger partial charge on any atom is -0.744 e. The van der Waals surface area contributed by atoms with Crippen molar-refractivity contribution in [2.45, 2.75) is 48.3 Å². The third-order valence-corrected chi connectivity index (χ3v) is 16.0. The first-order valence-corrected chi connectivity index (χ1v) is 28.3. The van der Waals surface area contributed by atoms with Gasteiger partial charge >= 0.3 is 11.9 Å². The number of likely N-dealkylation sites (N-methyl/N-ethyl adjacent to an activating group) is 1. The molecule has 418 valence electrons. The van der Waals surface area contributed by atoms with Crippen molar-refractivity contribution in [3.8, 4) is 23.6 Å². The molecule has 0 spiro atoms. The van der Waals surface area contributed by atoms with Gasteiger partial charge in [0.25, 0.3) is 11.4 Å². The van der Waals surface area contributed by atoms with Gasteiger partial charge in [0.15, 0.2) is 5.71 Å². The highest BCUT2D eigenvalue weighted by molar-refractivity contribution is 7.86. The fraction of sp³-hybridized carbons (Fsp3) is 0.190. The molecule has 0 aromatic heterocycles. The second kappa shape index (κ2) is 24.0. The number of hydrogen-bond donors (Lipinski definition) is 0. The maximum Gasteiger partial charge on any atom is 0.339 e. The van der Waals surface area contributed by atoms with Crippen LogP contribution in [0.4, 0.5) is 11.4 Å². The highest BCUT2D eigenvalue weighted by Gasteiger charge is 2.44. The molecule has 0 unspecified atom stereocenters. The molecule has 0 fully saturated rings. The topological polar surface area (TPSA) is 248 Å². The van der Waals surface area contributed by atoms with Crippen LogP contribution in [0.2, 0.25) is 0 Å². The number of anilines is 1. The van der Waals surface area contributed by atoms with Crippen LogP contribution in [0.5, 0.6) is 11.5 Å². The molecular formula is C63H51N6O12S2-. The van der Waals surface area contributed by atoms with Crippen LogP contribution in [0, 0.1) is 35.8 Å². The summed E-state index contributed by atoms with van der Waals surface area (Å²) in [5, 5.41) is 24.0. The Morgan fingerprint density at radius 3 is 1.60 bits per heavy atom. The zero-order chi connectivity index (χ0) is 60.0. The van der Waals surface area contributed by atoms with Crippen LogP contribution in [-0.4, -0.2) is 88.7 Å². The van der Waals surface area contributed by atoms with E-state index >= 15 is 0 Å². The molecule has 0 bridgehead atoms. The van der Waals surface area contributed by atoms with Crippen molar-refractivity contribution in [3.63, 3.8) is 0 Å². The molecule has 18 nitrogen and oxygen atoms in total. The summed E-state index contributed by atoms with van der Waals surface area (Å²) in [7, 11) is -5.58. The van der Waals surface area contributed by atoms with Gasteiger partial charge in [-0.1, -0.05) is 105 Å². The number of fused-ring (bicyclic) bond motifs is 6. The quantitative estimate of drug-likeness (QED) is 0.0324. The van der Waals surface area contributed by atoms with E-state index in [1.54, 1.807) is 12.1 Å².